The molecule has 1 amide bonds. The molecule has 0 radical (unpaired) electrons. The average Bonchev–Trinajstić information content (AvgIpc) is 2.84. The Morgan fingerprint density at radius 2 is 1.81 bits per heavy atom. The highest BCUT2D eigenvalue weighted by Crippen LogP contribution is 2.29. The second-order valence-corrected chi connectivity index (χ2v) is 7.91. The Morgan fingerprint density at radius 3 is 2.47 bits per heavy atom. The number of unbranched alkanes of at least 4 members (excludes halogenated alkanes) is 1. The van der Waals surface area contributed by atoms with Crippen LogP contribution in [0.2, 0.25) is 0 Å². The molecule has 1 N–H and O–H groups in total. The molecule has 172 valence electrons. The molecule has 32 heavy (non-hydrogen) atoms. The van der Waals surface area contributed by atoms with Gasteiger partial charge in [0, 0.05) is 30.9 Å². The third-order valence-corrected chi connectivity index (χ3v) is 5.65. The van der Waals surface area contributed by atoms with Crippen LogP contribution in [0.25, 0.3) is 6.08 Å². The molecule has 0 saturated carbocycles. The third-order valence-electron chi connectivity index (χ3n) is 5.65. The first-order valence-corrected chi connectivity index (χ1v) is 11.3. The van der Waals surface area contributed by atoms with Crippen LogP contribution in [0.15, 0.2) is 48.5 Å². The number of nitrogens with one attached hydrogen (secondary N) is 1. The van der Waals surface area contributed by atoms with Crippen LogP contribution < -0.4 is 24.4 Å². The number of hydrogen-bond donors (Lipinski definition) is 1. The van der Waals surface area contributed by atoms with Gasteiger partial charge in [-0.1, -0.05) is 19.4 Å². The molecule has 0 aromatic heterocycles. The fraction of sp³-hybridized carbons (Fsp3) is 0.423. The van der Waals surface area contributed by atoms with Gasteiger partial charge >= 0.3 is 0 Å². The first-order chi connectivity index (χ1) is 15.6. The summed E-state index contributed by atoms with van der Waals surface area (Å²) < 4.78 is 16.4. The van der Waals surface area contributed by atoms with Crippen LogP contribution in [0.1, 0.15) is 38.2 Å². The van der Waals surface area contributed by atoms with Crippen LogP contribution >= 0.6 is 0 Å². The van der Waals surface area contributed by atoms with Crippen LogP contribution in [0, 0.1) is 0 Å². The number of carbonyl (C=O) groups excluding carboxylic acids is 1. The van der Waals surface area contributed by atoms with Gasteiger partial charge in [0.15, 0.2) is 11.5 Å². The summed E-state index contributed by atoms with van der Waals surface area (Å²) in [7, 11) is 3.30. The van der Waals surface area contributed by atoms with Gasteiger partial charge in [0.1, 0.15) is 5.75 Å². The van der Waals surface area contributed by atoms with Crippen molar-refractivity contribution in [2.75, 3.05) is 38.8 Å². The van der Waals surface area contributed by atoms with E-state index < -0.39 is 0 Å². The summed E-state index contributed by atoms with van der Waals surface area (Å²) in [5, 5.41) is 3.13. The molecule has 0 bridgehead atoms. The second-order valence-electron chi connectivity index (χ2n) is 7.91. The Kier molecular flexibility index (Phi) is 8.84. The van der Waals surface area contributed by atoms with Crippen molar-refractivity contribution in [1.82, 2.24) is 5.32 Å². The van der Waals surface area contributed by atoms with Crippen LogP contribution in [0.3, 0.4) is 0 Å². The van der Waals surface area contributed by atoms with E-state index in [1.807, 2.05) is 30.3 Å². The predicted octanol–water partition coefficient (Wildman–Crippen LogP) is 4.68. The van der Waals surface area contributed by atoms with E-state index >= 15 is 0 Å². The summed E-state index contributed by atoms with van der Waals surface area (Å²) in [5.74, 6) is 2.19. The number of rotatable bonds is 10. The van der Waals surface area contributed by atoms with Crippen LogP contribution in [0.4, 0.5) is 5.69 Å². The molecule has 6 heteroatoms. The quantitative estimate of drug-likeness (QED) is 0.431. The molecule has 0 unspecified atom stereocenters. The first-order valence-electron chi connectivity index (χ1n) is 11.3. The van der Waals surface area contributed by atoms with E-state index in [4.69, 9.17) is 14.2 Å². The van der Waals surface area contributed by atoms with Crippen molar-refractivity contribution in [2.24, 2.45) is 0 Å². The number of ether oxygens (including phenoxy) is 3. The van der Waals surface area contributed by atoms with Crippen molar-refractivity contribution in [1.29, 1.82) is 0 Å². The van der Waals surface area contributed by atoms with Crippen molar-refractivity contribution in [3.05, 3.63) is 54.1 Å². The fourth-order valence-corrected chi connectivity index (χ4v) is 3.73. The van der Waals surface area contributed by atoms with E-state index in [1.54, 1.807) is 26.4 Å². The van der Waals surface area contributed by atoms with Gasteiger partial charge in [-0.2, -0.15) is 0 Å². The average molecular weight is 439 g/mol. The van der Waals surface area contributed by atoms with Crippen LogP contribution in [-0.2, 0) is 4.79 Å². The summed E-state index contributed by atoms with van der Waals surface area (Å²) in [6.45, 7) is 4.63. The first kappa shape index (κ1) is 23.5. The van der Waals surface area contributed by atoms with Crippen molar-refractivity contribution in [3.63, 3.8) is 0 Å². The number of benzene rings is 2. The molecule has 0 aliphatic carbocycles. The van der Waals surface area contributed by atoms with E-state index in [0.29, 0.717) is 12.4 Å². The van der Waals surface area contributed by atoms with Crippen LogP contribution in [-0.4, -0.2) is 45.9 Å². The van der Waals surface area contributed by atoms with Crippen LogP contribution in [0.5, 0.6) is 17.2 Å². The van der Waals surface area contributed by atoms with E-state index in [9.17, 15) is 4.79 Å². The largest absolute Gasteiger partial charge is 0.497 e. The van der Waals surface area contributed by atoms with E-state index in [2.05, 4.69) is 29.3 Å². The number of anilines is 1. The monoisotopic (exact) mass is 438 g/mol. The third kappa shape index (κ3) is 6.67. The molecule has 1 heterocycles. The zero-order chi connectivity index (χ0) is 22.8. The molecule has 0 atom stereocenters. The van der Waals surface area contributed by atoms with Gasteiger partial charge in [-0.05, 0) is 67.3 Å². The molecule has 1 fully saturated rings. The summed E-state index contributed by atoms with van der Waals surface area (Å²) in [6.07, 6.45) is 7.32. The fourth-order valence-electron chi connectivity index (χ4n) is 3.73. The van der Waals surface area contributed by atoms with Crippen molar-refractivity contribution >= 4 is 17.7 Å². The zero-order valence-corrected chi connectivity index (χ0v) is 19.3. The number of piperidine rings is 1. The SMILES string of the molecule is CCCCOc1ccc(/C=C/C(=O)NC2CCN(c3ccc(OC)cc3)CC2)cc1OC. The zero-order valence-electron chi connectivity index (χ0n) is 19.3. The molecule has 3 rings (SSSR count). The number of hydrogen-bond acceptors (Lipinski definition) is 5. The molecular weight excluding hydrogens is 404 g/mol. The Bertz CT molecular complexity index is 887. The maximum absolute atomic E-state index is 12.4. The van der Waals surface area contributed by atoms with Crippen molar-refractivity contribution in [2.45, 2.75) is 38.6 Å². The molecule has 6 nitrogen and oxygen atoms in total. The molecular formula is C26H34N2O4. The highest BCUT2D eigenvalue weighted by molar-refractivity contribution is 5.92. The van der Waals surface area contributed by atoms with E-state index in [-0.39, 0.29) is 11.9 Å². The highest BCUT2D eigenvalue weighted by atomic mass is 16.5. The lowest BCUT2D eigenvalue weighted by atomic mass is 10.0. The Balaban J connectivity index is 1.48. The number of carbonyl (C=O) groups is 1. The van der Waals surface area contributed by atoms with Gasteiger partial charge in [-0.3, -0.25) is 4.79 Å². The van der Waals surface area contributed by atoms with Crippen molar-refractivity contribution < 1.29 is 19.0 Å². The number of amides is 1. The molecule has 2 aromatic carbocycles. The van der Waals surface area contributed by atoms with Gasteiger partial charge in [0.25, 0.3) is 0 Å². The normalized spacial score (nSPS) is 14.4. The second kappa shape index (κ2) is 12.0. The molecule has 1 saturated heterocycles. The molecule has 2 aromatic rings. The summed E-state index contributed by atoms with van der Waals surface area (Å²) >= 11 is 0. The van der Waals surface area contributed by atoms with Crippen molar-refractivity contribution in [3.8, 4) is 17.2 Å². The molecule has 0 spiro atoms. The standard InChI is InChI=1S/C26H34N2O4/c1-4-5-18-32-24-12-6-20(19-25(24)31-3)7-13-26(29)27-21-14-16-28(17-15-21)22-8-10-23(30-2)11-9-22/h6-13,19,21H,4-5,14-18H2,1-3H3,(H,27,29)/b13-7+. The Hall–Kier alpha value is -3.15. The minimum atomic E-state index is -0.0739. The number of nitrogens with zero attached hydrogens (tertiary/aromatic N) is 1. The smallest absolute Gasteiger partial charge is 0.244 e. The topological polar surface area (TPSA) is 60.0 Å². The van der Waals surface area contributed by atoms with Gasteiger partial charge < -0.3 is 24.4 Å². The van der Waals surface area contributed by atoms with E-state index in [0.717, 1.165) is 55.8 Å². The van der Waals surface area contributed by atoms with E-state index in [1.165, 1.54) is 5.69 Å². The lowest BCUT2D eigenvalue weighted by molar-refractivity contribution is -0.117. The summed E-state index contributed by atoms with van der Waals surface area (Å²) in [4.78, 5) is 14.8. The van der Waals surface area contributed by atoms with Gasteiger partial charge in [0.2, 0.25) is 5.91 Å². The van der Waals surface area contributed by atoms with Gasteiger partial charge in [-0.15, -0.1) is 0 Å². The lowest BCUT2D eigenvalue weighted by Crippen LogP contribution is -2.44. The summed E-state index contributed by atoms with van der Waals surface area (Å²) in [6, 6.07) is 14.0. The predicted molar refractivity (Wildman–Crippen MR) is 129 cm³/mol. The Morgan fingerprint density at radius 1 is 1.06 bits per heavy atom. The molecule has 1 aliphatic heterocycles. The Labute approximate surface area is 191 Å². The number of methoxy groups -OCH3 is 2. The summed E-state index contributed by atoms with van der Waals surface area (Å²) in [5.41, 5.74) is 2.08. The highest BCUT2D eigenvalue weighted by Gasteiger charge is 2.20. The maximum Gasteiger partial charge on any atom is 0.244 e. The van der Waals surface area contributed by atoms with Gasteiger partial charge in [0.05, 0.1) is 20.8 Å². The minimum Gasteiger partial charge on any atom is -0.497 e. The molecule has 1 aliphatic rings. The van der Waals surface area contributed by atoms with Gasteiger partial charge in [-0.25, -0.2) is 0 Å². The maximum atomic E-state index is 12.4. The minimum absolute atomic E-state index is 0.0739. The lowest BCUT2D eigenvalue weighted by Gasteiger charge is -2.33.